The fraction of sp³-hybridized carbons (Fsp3) is 0.833. The predicted octanol–water partition coefficient (Wildman–Crippen LogP) is -0.0488. The molecule has 2 aliphatic rings. The Morgan fingerprint density at radius 1 is 1.24 bits per heavy atom. The van der Waals surface area contributed by atoms with Crippen molar-refractivity contribution in [3.63, 3.8) is 0 Å². The van der Waals surface area contributed by atoms with E-state index in [2.05, 4.69) is 5.32 Å². The Bertz CT molecular complexity index is 302. The van der Waals surface area contributed by atoms with Gasteiger partial charge in [-0.15, -0.1) is 0 Å². The summed E-state index contributed by atoms with van der Waals surface area (Å²) in [4.78, 5) is 22.4. The van der Waals surface area contributed by atoms with Crippen molar-refractivity contribution in [2.75, 3.05) is 0 Å². The van der Waals surface area contributed by atoms with E-state index in [0.717, 1.165) is 19.3 Å². The van der Waals surface area contributed by atoms with Crippen molar-refractivity contribution in [2.45, 2.75) is 50.7 Å². The summed E-state index contributed by atoms with van der Waals surface area (Å²) < 4.78 is 0. The molecule has 1 saturated carbocycles. The molecule has 3 N–H and O–H groups in total. The number of hydrogen-bond donors (Lipinski definition) is 3. The molecule has 5 nitrogen and oxygen atoms in total. The number of carbonyl (C=O) groups is 2. The first-order valence-corrected chi connectivity index (χ1v) is 6.25. The third-order valence-corrected chi connectivity index (χ3v) is 3.83. The number of imide groups is 1. The third kappa shape index (κ3) is 3.04. The molecule has 3 unspecified atom stereocenters. The van der Waals surface area contributed by atoms with E-state index in [4.69, 9.17) is 0 Å². The van der Waals surface area contributed by atoms with Crippen molar-refractivity contribution < 1.29 is 19.8 Å². The van der Waals surface area contributed by atoms with Crippen LogP contribution in [0.15, 0.2) is 0 Å². The van der Waals surface area contributed by atoms with Crippen molar-refractivity contribution in [3.8, 4) is 0 Å². The number of aliphatic hydroxyl groups is 2. The van der Waals surface area contributed by atoms with Crippen LogP contribution in [0.4, 0.5) is 0 Å². The average Bonchev–Trinajstić information content (AvgIpc) is 2.62. The van der Waals surface area contributed by atoms with E-state index < -0.39 is 12.2 Å². The fourth-order valence-electron chi connectivity index (χ4n) is 2.96. The van der Waals surface area contributed by atoms with E-state index in [1.165, 1.54) is 0 Å². The van der Waals surface area contributed by atoms with Crippen LogP contribution in [0.2, 0.25) is 0 Å². The lowest BCUT2D eigenvalue weighted by molar-refractivity contribution is -0.135. The van der Waals surface area contributed by atoms with Crippen LogP contribution in [0.5, 0.6) is 0 Å². The molecule has 5 heteroatoms. The molecule has 0 aromatic heterocycles. The standard InChI is InChI=1S/C12H19NO4/c14-9-3-1-2-8(9)10(15)4-7-5-11(16)13-12(17)6-7/h7-10,14-15H,1-6H2,(H,13,16,17). The molecule has 0 radical (unpaired) electrons. The van der Waals surface area contributed by atoms with Gasteiger partial charge in [0.05, 0.1) is 12.2 Å². The number of carbonyl (C=O) groups excluding carboxylic acids is 2. The number of piperidine rings is 1. The van der Waals surface area contributed by atoms with Crippen LogP contribution in [-0.4, -0.2) is 34.2 Å². The summed E-state index contributed by atoms with van der Waals surface area (Å²) in [6, 6.07) is 0. The van der Waals surface area contributed by atoms with Gasteiger partial charge in [0.15, 0.2) is 0 Å². The molecular formula is C12H19NO4. The maximum absolute atomic E-state index is 11.2. The van der Waals surface area contributed by atoms with Gasteiger partial charge in [-0.2, -0.15) is 0 Å². The van der Waals surface area contributed by atoms with Gasteiger partial charge in [0.2, 0.25) is 11.8 Å². The Morgan fingerprint density at radius 3 is 2.41 bits per heavy atom. The van der Waals surface area contributed by atoms with Gasteiger partial charge in [-0.1, -0.05) is 6.42 Å². The lowest BCUT2D eigenvalue weighted by Gasteiger charge is -2.27. The normalized spacial score (nSPS) is 32.6. The van der Waals surface area contributed by atoms with Gasteiger partial charge in [0, 0.05) is 18.8 Å². The van der Waals surface area contributed by atoms with Gasteiger partial charge in [-0.25, -0.2) is 0 Å². The quantitative estimate of drug-likeness (QED) is 0.605. The van der Waals surface area contributed by atoms with Crippen LogP contribution in [0, 0.1) is 11.8 Å². The van der Waals surface area contributed by atoms with E-state index in [-0.39, 0.29) is 23.7 Å². The van der Waals surface area contributed by atoms with Crippen LogP contribution in [0.3, 0.4) is 0 Å². The van der Waals surface area contributed by atoms with E-state index in [1.807, 2.05) is 0 Å². The summed E-state index contributed by atoms with van der Waals surface area (Å²) in [5.74, 6) is -0.690. The zero-order valence-corrected chi connectivity index (χ0v) is 9.76. The highest BCUT2D eigenvalue weighted by molar-refractivity contribution is 5.97. The van der Waals surface area contributed by atoms with Gasteiger partial charge >= 0.3 is 0 Å². The molecule has 1 aliphatic heterocycles. The van der Waals surface area contributed by atoms with E-state index in [1.54, 1.807) is 0 Å². The van der Waals surface area contributed by atoms with E-state index in [9.17, 15) is 19.8 Å². The second-order valence-electron chi connectivity index (χ2n) is 5.21. The molecule has 0 aromatic rings. The summed E-state index contributed by atoms with van der Waals surface area (Å²) in [7, 11) is 0. The highest BCUT2D eigenvalue weighted by atomic mass is 16.3. The van der Waals surface area contributed by atoms with Crippen LogP contribution >= 0.6 is 0 Å². The Hall–Kier alpha value is -0.940. The van der Waals surface area contributed by atoms with Crippen LogP contribution in [0.1, 0.15) is 38.5 Å². The first-order chi connectivity index (χ1) is 8.06. The molecule has 0 bridgehead atoms. The smallest absolute Gasteiger partial charge is 0.226 e. The van der Waals surface area contributed by atoms with Gasteiger partial charge in [0.1, 0.15) is 0 Å². The molecule has 3 atom stereocenters. The Morgan fingerprint density at radius 2 is 1.88 bits per heavy atom. The molecule has 0 spiro atoms. The lowest BCUT2D eigenvalue weighted by Crippen LogP contribution is -2.40. The summed E-state index contributed by atoms with van der Waals surface area (Å²) in [6.07, 6.45) is 2.50. The summed E-state index contributed by atoms with van der Waals surface area (Å²) in [5, 5.41) is 22.0. The Balaban J connectivity index is 1.87. The first kappa shape index (κ1) is 12.5. The van der Waals surface area contributed by atoms with Crippen LogP contribution in [-0.2, 0) is 9.59 Å². The van der Waals surface area contributed by atoms with Crippen molar-refractivity contribution in [1.29, 1.82) is 0 Å². The maximum atomic E-state index is 11.2. The molecule has 1 aliphatic carbocycles. The second-order valence-corrected chi connectivity index (χ2v) is 5.21. The molecule has 17 heavy (non-hydrogen) atoms. The summed E-state index contributed by atoms with van der Waals surface area (Å²) in [5.41, 5.74) is 0. The average molecular weight is 241 g/mol. The Kier molecular flexibility index (Phi) is 3.79. The van der Waals surface area contributed by atoms with Gasteiger partial charge in [-0.3, -0.25) is 14.9 Å². The van der Waals surface area contributed by atoms with Crippen LogP contribution in [0.25, 0.3) is 0 Å². The largest absolute Gasteiger partial charge is 0.393 e. The van der Waals surface area contributed by atoms with Gasteiger partial charge in [-0.05, 0) is 25.2 Å². The third-order valence-electron chi connectivity index (χ3n) is 3.83. The number of amides is 2. The van der Waals surface area contributed by atoms with E-state index >= 15 is 0 Å². The SMILES string of the molecule is O=C1CC(CC(O)C2CCCC2O)CC(=O)N1. The minimum Gasteiger partial charge on any atom is -0.393 e. The number of aliphatic hydroxyl groups excluding tert-OH is 2. The zero-order valence-electron chi connectivity index (χ0n) is 9.76. The molecule has 96 valence electrons. The molecular weight excluding hydrogens is 222 g/mol. The molecule has 1 heterocycles. The van der Waals surface area contributed by atoms with Crippen molar-refractivity contribution in [1.82, 2.24) is 5.32 Å². The van der Waals surface area contributed by atoms with E-state index in [0.29, 0.717) is 19.3 Å². The van der Waals surface area contributed by atoms with Crippen molar-refractivity contribution in [2.24, 2.45) is 11.8 Å². The second kappa shape index (κ2) is 5.14. The minimum atomic E-state index is -0.601. The topological polar surface area (TPSA) is 86.6 Å². The summed E-state index contributed by atoms with van der Waals surface area (Å²) >= 11 is 0. The van der Waals surface area contributed by atoms with Crippen molar-refractivity contribution in [3.05, 3.63) is 0 Å². The fourth-order valence-corrected chi connectivity index (χ4v) is 2.96. The maximum Gasteiger partial charge on any atom is 0.226 e. The van der Waals surface area contributed by atoms with Crippen LogP contribution < -0.4 is 5.32 Å². The van der Waals surface area contributed by atoms with Gasteiger partial charge < -0.3 is 10.2 Å². The number of hydrogen-bond acceptors (Lipinski definition) is 4. The zero-order chi connectivity index (χ0) is 12.4. The lowest BCUT2D eigenvalue weighted by atomic mass is 9.85. The minimum absolute atomic E-state index is 0.0842. The Labute approximate surface area is 100 Å². The highest BCUT2D eigenvalue weighted by Gasteiger charge is 2.34. The molecule has 2 rings (SSSR count). The first-order valence-electron chi connectivity index (χ1n) is 6.25. The number of rotatable bonds is 3. The molecule has 2 amide bonds. The molecule has 0 aromatic carbocycles. The highest BCUT2D eigenvalue weighted by Crippen LogP contribution is 2.32. The van der Waals surface area contributed by atoms with Gasteiger partial charge in [0.25, 0.3) is 0 Å². The summed E-state index contributed by atoms with van der Waals surface area (Å²) in [6.45, 7) is 0. The number of nitrogens with one attached hydrogen (secondary N) is 1. The monoisotopic (exact) mass is 241 g/mol. The molecule has 2 fully saturated rings. The van der Waals surface area contributed by atoms with Crippen molar-refractivity contribution >= 4 is 11.8 Å². The molecule has 1 saturated heterocycles. The predicted molar refractivity (Wildman–Crippen MR) is 59.8 cm³/mol.